The molecule has 3 N–H and O–H groups in total. The van der Waals surface area contributed by atoms with Gasteiger partial charge in [0.15, 0.2) is 5.78 Å². The topological polar surface area (TPSA) is 94.7 Å². The third-order valence-electron chi connectivity index (χ3n) is 6.25. The number of fused-ring (bicyclic) bond motifs is 2. The van der Waals surface area contributed by atoms with Gasteiger partial charge in [-0.25, -0.2) is 5.48 Å². The van der Waals surface area contributed by atoms with Crippen LogP contribution in [0.2, 0.25) is 0 Å². The van der Waals surface area contributed by atoms with E-state index < -0.39 is 11.5 Å². The van der Waals surface area contributed by atoms with E-state index >= 15 is 0 Å². The number of carbonyl (C=O) groups excluding carboxylic acids is 2. The Hall–Kier alpha value is -3.42. The molecule has 0 bridgehead atoms. The minimum Gasteiger partial charge on any atom is -0.483 e. The number of ether oxygens (including phenoxy) is 1. The molecular weight excluding hydrogens is 394 g/mol. The number of aromatic amines is 1. The van der Waals surface area contributed by atoms with Crippen LogP contribution >= 0.6 is 0 Å². The van der Waals surface area contributed by atoms with Gasteiger partial charge in [0.05, 0.1) is 12.0 Å². The van der Waals surface area contributed by atoms with E-state index in [9.17, 15) is 9.59 Å². The quantitative estimate of drug-likeness (QED) is 0.343. The molecule has 5 rings (SSSR count). The highest BCUT2D eigenvalue weighted by atomic mass is 16.5. The monoisotopic (exact) mass is 417 g/mol. The van der Waals surface area contributed by atoms with Gasteiger partial charge in [0.25, 0.3) is 5.91 Å². The number of nitrogens with zero attached hydrogens (tertiary/aromatic N) is 1. The second-order valence-corrected chi connectivity index (χ2v) is 8.32. The first-order chi connectivity index (χ1) is 15.0. The molecule has 2 aliphatic rings. The summed E-state index contributed by atoms with van der Waals surface area (Å²) in [7, 11) is 0. The Morgan fingerprint density at radius 1 is 1.29 bits per heavy atom. The SMILES string of the molecule is CC(c1c[nH]c2ccccc12)N1CC2(CC(=O)c3cc(/C=C/C(=O)NO)ccc3O2)C1. The van der Waals surface area contributed by atoms with Gasteiger partial charge in [-0.1, -0.05) is 24.3 Å². The number of amides is 1. The van der Waals surface area contributed by atoms with Gasteiger partial charge >= 0.3 is 0 Å². The first-order valence-corrected chi connectivity index (χ1v) is 10.3. The Morgan fingerprint density at radius 2 is 2.10 bits per heavy atom. The highest BCUT2D eigenvalue weighted by Crippen LogP contribution is 2.42. The van der Waals surface area contributed by atoms with Crippen LogP contribution in [-0.2, 0) is 4.79 Å². The standard InChI is InChI=1S/C24H23N3O4/c1-15(19-12-25-20-5-3-2-4-17(19)20)27-13-24(14-27)11-21(28)18-10-16(6-8-22(18)31-24)7-9-23(29)26-30/h2-10,12,15,25,30H,11,13-14H2,1H3,(H,26,29)/b9-7+. The maximum Gasteiger partial charge on any atom is 0.267 e. The third kappa shape index (κ3) is 3.41. The number of likely N-dealkylation sites (tertiary alicyclic amines) is 1. The number of hydrogen-bond acceptors (Lipinski definition) is 5. The van der Waals surface area contributed by atoms with Gasteiger partial charge in [-0.05, 0) is 42.3 Å². The number of carbonyl (C=O) groups is 2. The van der Waals surface area contributed by atoms with Crippen molar-refractivity contribution in [2.24, 2.45) is 0 Å². The van der Waals surface area contributed by atoms with Gasteiger partial charge in [0, 0.05) is 42.3 Å². The number of H-pyrrole nitrogens is 1. The summed E-state index contributed by atoms with van der Waals surface area (Å²) < 4.78 is 6.30. The molecule has 1 saturated heterocycles. The Labute approximate surface area is 179 Å². The van der Waals surface area contributed by atoms with Gasteiger partial charge in [-0.2, -0.15) is 0 Å². The van der Waals surface area contributed by atoms with Crippen LogP contribution < -0.4 is 10.2 Å². The minimum atomic E-state index is -0.627. The zero-order valence-electron chi connectivity index (χ0n) is 17.1. The highest BCUT2D eigenvalue weighted by Gasteiger charge is 2.51. The van der Waals surface area contributed by atoms with Crippen molar-refractivity contribution in [1.29, 1.82) is 0 Å². The van der Waals surface area contributed by atoms with Crippen molar-refractivity contribution >= 4 is 28.7 Å². The van der Waals surface area contributed by atoms with E-state index in [4.69, 9.17) is 9.94 Å². The van der Waals surface area contributed by atoms with Crippen LogP contribution in [-0.4, -0.2) is 45.5 Å². The molecule has 158 valence electrons. The first-order valence-electron chi connectivity index (χ1n) is 10.3. The predicted octanol–water partition coefficient (Wildman–Crippen LogP) is 3.47. The third-order valence-corrected chi connectivity index (χ3v) is 6.25. The Bertz CT molecular complexity index is 1210. The maximum atomic E-state index is 12.9. The van der Waals surface area contributed by atoms with E-state index in [-0.39, 0.29) is 11.8 Å². The second kappa shape index (κ2) is 7.37. The molecule has 7 nitrogen and oxygen atoms in total. The first kappa shape index (κ1) is 19.5. The summed E-state index contributed by atoms with van der Waals surface area (Å²) in [5.41, 5.74) is 4.65. The molecule has 1 unspecified atom stereocenters. The number of nitrogens with one attached hydrogen (secondary N) is 2. The molecule has 7 heteroatoms. The lowest BCUT2D eigenvalue weighted by Gasteiger charge is -2.53. The summed E-state index contributed by atoms with van der Waals surface area (Å²) in [5, 5.41) is 9.80. The second-order valence-electron chi connectivity index (χ2n) is 8.32. The van der Waals surface area contributed by atoms with Gasteiger partial charge in [-0.15, -0.1) is 0 Å². The van der Waals surface area contributed by atoms with E-state index in [0.29, 0.717) is 36.4 Å². The number of para-hydroxylation sites is 1. The van der Waals surface area contributed by atoms with Crippen molar-refractivity contribution in [1.82, 2.24) is 15.4 Å². The van der Waals surface area contributed by atoms with Crippen LogP contribution in [0, 0.1) is 0 Å². The smallest absolute Gasteiger partial charge is 0.267 e. The molecule has 31 heavy (non-hydrogen) atoms. The van der Waals surface area contributed by atoms with Crippen molar-refractivity contribution in [3.8, 4) is 5.75 Å². The van der Waals surface area contributed by atoms with Gasteiger partial charge < -0.3 is 9.72 Å². The zero-order valence-corrected chi connectivity index (χ0v) is 17.1. The predicted molar refractivity (Wildman–Crippen MR) is 116 cm³/mol. The molecule has 3 heterocycles. The largest absolute Gasteiger partial charge is 0.483 e. The fourth-order valence-electron chi connectivity index (χ4n) is 4.60. The molecule has 0 radical (unpaired) electrons. The molecule has 1 amide bonds. The lowest BCUT2D eigenvalue weighted by atomic mass is 9.82. The van der Waals surface area contributed by atoms with E-state index in [1.807, 2.05) is 12.1 Å². The fourth-order valence-corrected chi connectivity index (χ4v) is 4.60. The molecular formula is C24H23N3O4. The highest BCUT2D eigenvalue weighted by molar-refractivity contribution is 6.01. The lowest BCUT2D eigenvalue weighted by Crippen LogP contribution is -2.67. The Kier molecular flexibility index (Phi) is 4.64. The Balaban J connectivity index is 1.31. The molecule has 3 aromatic rings. The van der Waals surface area contributed by atoms with E-state index in [1.54, 1.807) is 23.7 Å². The zero-order chi connectivity index (χ0) is 21.6. The average molecular weight is 417 g/mol. The summed E-state index contributed by atoms with van der Waals surface area (Å²) >= 11 is 0. The van der Waals surface area contributed by atoms with Crippen LogP contribution in [0.5, 0.6) is 5.75 Å². The Morgan fingerprint density at radius 3 is 2.90 bits per heavy atom. The molecule has 1 spiro atoms. The summed E-state index contributed by atoms with van der Waals surface area (Å²) in [4.78, 5) is 29.7. The lowest BCUT2D eigenvalue weighted by molar-refractivity contribution is -0.124. The van der Waals surface area contributed by atoms with Crippen molar-refractivity contribution in [3.63, 3.8) is 0 Å². The number of benzene rings is 2. The number of aromatic nitrogens is 1. The van der Waals surface area contributed by atoms with Crippen molar-refractivity contribution in [3.05, 3.63) is 71.4 Å². The number of hydrogen-bond donors (Lipinski definition) is 3. The fraction of sp³-hybridized carbons (Fsp3) is 0.250. The minimum absolute atomic E-state index is 0.0440. The number of hydroxylamine groups is 1. The molecule has 2 aliphatic heterocycles. The van der Waals surface area contributed by atoms with Crippen molar-refractivity contribution < 1.29 is 19.5 Å². The molecule has 0 aliphatic carbocycles. The van der Waals surface area contributed by atoms with Crippen molar-refractivity contribution in [2.45, 2.75) is 25.0 Å². The molecule has 1 atom stereocenters. The molecule has 1 aromatic heterocycles. The van der Waals surface area contributed by atoms with E-state index in [1.165, 1.54) is 23.1 Å². The van der Waals surface area contributed by atoms with Gasteiger partial charge in [-0.3, -0.25) is 19.7 Å². The summed E-state index contributed by atoms with van der Waals surface area (Å²) in [6.07, 6.45) is 5.14. The molecule has 2 aromatic carbocycles. The van der Waals surface area contributed by atoms with E-state index in [2.05, 4.69) is 35.1 Å². The number of ketones is 1. The normalized spacial score (nSPS) is 18.6. The van der Waals surface area contributed by atoms with Gasteiger partial charge in [0.1, 0.15) is 11.4 Å². The van der Waals surface area contributed by atoms with Crippen LogP contribution in [0.1, 0.15) is 40.9 Å². The number of rotatable bonds is 4. The van der Waals surface area contributed by atoms with E-state index in [0.717, 1.165) is 5.52 Å². The summed E-state index contributed by atoms with van der Waals surface area (Å²) in [6, 6.07) is 13.8. The maximum absolute atomic E-state index is 12.9. The number of Topliss-reactive ketones (excluding diaryl/α,β-unsaturated/α-hetero) is 1. The molecule has 0 saturated carbocycles. The van der Waals surface area contributed by atoms with Crippen LogP contribution in [0.3, 0.4) is 0 Å². The van der Waals surface area contributed by atoms with Crippen LogP contribution in [0.25, 0.3) is 17.0 Å². The van der Waals surface area contributed by atoms with Crippen LogP contribution in [0.15, 0.2) is 54.7 Å². The summed E-state index contributed by atoms with van der Waals surface area (Å²) in [5.74, 6) is 0.0000410. The van der Waals surface area contributed by atoms with Crippen LogP contribution in [0.4, 0.5) is 0 Å². The molecule has 1 fully saturated rings. The van der Waals surface area contributed by atoms with Crippen molar-refractivity contribution in [2.75, 3.05) is 13.1 Å². The summed E-state index contributed by atoms with van der Waals surface area (Å²) in [6.45, 7) is 3.57. The average Bonchev–Trinajstić information content (AvgIpc) is 3.19. The van der Waals surface area contributed by atoms with Gasteiger partial charge in [0.2, 0.25) is 0 Å².